The molecule has 1 aliphatic rings. The highest BCUT2D eigenvalue weighted by molar-refractivity contribution is 5.75. The first kappa shape index (κ1) is 7.18. The maximum atomic E-state index is 10.8. The van der Waals surface area contributed by atoms with Gasteiger partial charge in [-0.3, -0.25) is 4.79 Å². The van der Waals surface area contributed by atoms with Crippen LogP contribution in [0.3, 0.4) is 0 Å². The van der Waals surface area contributed by atoms with Crippen LogP contribution in [0.15, 0.2) is 10.2 Å². The Kier molecular flexibility index (Phi) is 2.36. The molecule has 0 aliphatic carbocycles. The fourth-order valence-electron chi connectivity index (χ4n) is 0.708. The fourth-order valence-corrected chi connectivity index (χ4v) is 0.708. The van der Waals surface area contributed by atoms with Crippen molar-refractivity contribution < 1.29 is 4.79 Å². The summed E-state index contributed by atoms with van der Waals surface area (Å²) in [5, 5.41) is 10.1. The minimum Gasteiger partial charge on any atom is -0.356 e. The van der Waals surface area contributed by atoms with Gasteiger partial charge in [0.1, 0.15) is 0 Å². The quantitative estimate of drug-likeness (QED) is 0.615. The molecule has 1 N–H and O–H groups in total. The first-order chi connectivity index (χ1) is 4.83. The van der Waals surface area contributed by atoms with Gasteiger partial charge in [-0.05, 0) is 6.92 Å². The summed E-state index contributed by atoms with van der Waals surface area (Å²) in [5.74, 6) is 0.0970. The minimum absolute atomic E-state index is 0.0970. The van der Waals surface area contributed by atoms with Crippen LogP contribution in [0.5, 0.6) is 0 Å². The maximum absolute atomic E-state index is 10.8. The summed E-state index contributed by atoms with van der Waals surface area (Å²) in [7, 11) is 0. The Balaban J connectivity index is 1.95. The second-order valence-electron chi connectivity index (χ2n) is 2.20. The number of nitrogens with one attached hydrogen (secondary N) is 1. The third-order valence-electron chi connectivity index (χ3n) is 1.28. The summed E-state index contributed by atoms with van der Waals surface area (Å²) in [5.41, 5.74) is 0. The van der Waals surface area contributed by atoms with E-state index in [2.05, 4.69) is 15.5 Å². The molecule has 0 unspecified atom stereocenters. The normalized spacial score (nSPS) is 15.3. The number of carbonyl (C=O) groups is 1. The van der Waals surface area contributed by atoms with Gasteiger partial charge in [-0.1, -0.05) is 0 Å². The molecule has 1 aliphatic heterocycles. The van der Waals surface area contributed by atoms with E-state index in [0.29, 0.717) is 13.0 Å². The Morgan fingerprint density at radius 3 is 2.80 bits per heavy atom. The molecule has 0 fully saturated rings. The van der Waals surface area contributed by atoms with Gasteiger partial charge in [0.15, 0.2) is 6.17 Å². The van der Waals surface area contributed by atoms with Gasteiger partial charge in [0.25, 0.3) is 0 Å². The van der Waals surface area contributed by atoms with E-state index in [9.17, 15) is 4.79 Å². The Hall–Kier alpha value is -0.930. The summed E-state index contributed by atoms with van der Waals surface area (Å²) in [6, 6.07) is 0. The van der Waals surface area contributed by atoms with Crippen molar-refractivity contribution in [2.75, 3.05) is 6.54 Å². The molecule has 0 atom stereocenters. The van der Waals surface area contributed by atoms with Crippen molar-refractivity contribution in [3.05, 3.63) is 0 Å². The summed E-state index contributed by atoms with van der Waals surface area (Å²) >= 11 is 0. The van der Waals surface area contributed by atoms with Crippen LogP contribution in [-0.4, -0.2) is 18.6 Å². The van der Waals surface area contributed by atoms with Crippen LogP contribution in [0, 0.1) is 0 Å². The predicted octanol–water partition coefficient (Wildman–Crippen LogP) is 0.695. The van der Waals surface area contributed by atoms with Gasteiger partial charge in [-0.2, -0.15) is 10.2 Å². The van der Waals surface area contributed by atoms with Crippen LogP contribution >= 0.6 is 0 Å². The molecule has 56 valence electrons. The van der Waals surface area contributed by atoms with Crippen molar-refractivity contribution in [1.29, 1.82) is 0 Å². The molecular weight excluding hydrogens is 130 g/mol. The van der Waals surface area contributed by atoms with Gasteiger partial charge < -0.3 is 5.32 Å². The lowest BCUT2D eigenvalue weighted by Gasteiger charge is -1.97. The SMILES string of the molecule is CCNC(=O)CCC1N=N1. The van der Waals surface area contributed by atoms with Crippen LogP contribution < -0.4 is 5.32 Å². The van der Waals surface area contributed by atoms with Crippen molar-refractivity contribution in [1.82, 2.24) is 5.32 Å². The molecule has 0 aromatic heterocycles. The van der Waals surface area contributed by atoms with E-state index in [1.54, 1.807) is 0 Å². The third-order valence-corrected chi connectivity index (χ3v) is 1.28. The van der Waals surface area contributed by atoms with E-state index in [1.807, 2.05) is 6.92 Å². The minimum atomic E-state index is 0.0970. The van der Waals surface area contributed by atoms with Gasteiger partial charge in [-0.15, -0.1) is 0 Å². The van der Waals surface area contributed by atoms with Crippen molar-refractivity contribution in [3.8, 4) is 0 Å². The number of rotatable bonds is 4. The highest BCUT2D eigenvalue weighted by Crippen LogP contribution is 2.15. The van der Waals surface area contributed by atoms with E-state index in [0.717, 1.165) is 6.42 Å². The molecule has 0 saturated carbocycles. The number of hydrogen-bond donors (Lipinski definition) is 1. The zero-order valence-electron chi connectivity index (χ0n) is 6.00. The first-order valence-corrected chi connectivity index (χ1v) is 3.49. The highest BCUT2D eigenvalue weighted by Gasteiger charge is 2.16. The van der Waals surface area contributed by atoms with E-state index < -0.39 is 0 Å². The molecule has 1 amide bonds. The van der Waals surface area contributed by atoms with E-state index >= 15 is 0 Å². The van der Waals surface area contributed by atoms with Crippen LogP contribution in [0.25, 0.3) is 0 Å². The van der Waals surface area contributed by atoms with Crippen molar-refractivity contribution in [2.45, 2.75) is 25.9 Å². The summed E-state index contributed by atoms with van der Waals surface area (Å²) < 4.78 is 0. The molecule has 0 aromatic rings. The molecule has 4 heteroatoms. The molecule has 1 rings (SSSR count). The average molecular weight is 141 g/mol. The number of hydrogen-bond acceptors (Lipinski definition) is 3. The van der Waals surface area contributed by atoms with Gasteiger partial charge in [0.05, 0.1) is 0 Å². The molecule has 0 radical (unpaired) electrons. The molecule has 0 bridgehead atoms. The molecule has 0 spiro atoms. The lowest BCUT2D eigenvalue weighted by molar-refractivity contribution is -0.121. The topological polar surface area (TPSA) is 53.8 Å². The van der Waals surface area contributed by atoms with Gasteiger partial charge in [0, 0.05) is 19.4 Å². The van der Waals surface area contributed by atoms with Crippen LogP contribution in [0.1, 0.15) is 19.8 Å². The van der Waals surface area contributed by atoms with E-state index in [-0.39, 0.29) is 12.1 Å². The van der Waals surface area contributed by atoms with Crippen molar-refractivity contribution in [3.63, 3.8) is 0 Å². The predicted molar refractivity (Wildman–Crippen MR) is 36.6 cm³/mol. The second kappa shape index (κ2) is 3.29. The van der Waals surface area contributed by atoms with Crippen molar-refractivity contribution in [2.24, 2.45) is 10.2 Å². The smallest absolute Gasteiger partial charge is 0.220 e. The molecule has 4 nitrogen and oxygen atoms in total. The summed E-state index contributed by atoms with van der Waals surface area (Å²) in [6.45, 7) is 2.61. The molecule has 0 saturated heterocycles. The van der Waals surface area contributed by atoms with Gasteiger partial charge in [0.2, 0.25) is 5.91 Å². The number of carbonyl (C=O) groups excluding carboxylic acids is 1. The van der Waals surface area contributed by atoms with Crippen LogP contribution in [0.2, 0.25) is 0 Å². The Bertz CT molecular complexity index is 149. The lowest BCUT2D eigenvalue weighted by atomic mass is 10.3. The summed E-state index contributed by atoms with van der Waals surface area (Å²) in [4.78, 5) is 10.8. The van der Waals surface area contributed by atoms with E-state index in [1.165, 1.54) is 0 Å². The zero-order chi connectivity index (χ0) is 7.40. The van der Waals surface area contributed by atoms with Gasteiger partial charge in [-0.25, -0.2) is 0 Å². The van der Waals surface area contributed by atoms with Crippen LogP contribution in [0.4, 0.5) is 0 Å². The molecule has 10 heavy (non-hydrogen) atoms. The standard InChI is InChI=1S/C6H11N3O/c1-2-7-6(10)4-3-5-8-9-5/h5H,2-4H2,1H3,(H,7,10). The average Bonchev–Trinajstić information content (AvgIpc) is 2.67. The fraction of sp³-hybridized carbons (Fsp3) is 0.833. The monoisotopic (exact) mass is 141 g/mol. The lowest BCUT2D eigenvalue weighted by Crippen LogP contribution is -2.22. The second-order valence-corrected chi connectivity index (χ2v) is 2.20. The zero-order valence-corrected chi connectivity index (χ0v) is 6.00. The third kappa shape index (κ3) is 2.57. The number of nitrogens with zero attached hydrogens (tertiary/aromatic N) is 2. The molecular formula is C6H11N3O. The Morgan fingerprint density at radius 2 is 2.30 bits per heavy atom. The van der Waals surface area contributed by atoms with Crippen LogP contribution in [-0.2, 0) is 4.79 Å². The molecule has 1 heterocycles. The maximum Gasteiger partial charge on any atom is 0.220 e. The largest absolute Gasteiger partial charge is 0.356 e. The highest BCUT2D eigenvalue weighted by atomic mass is 16.1. The number of amides is 1. The van der Waals surface area contributed by atoms with Gasteiger partial charge >= 0.3 is 0 Å². The Labute approximate surface area is 59.7 Å². The van der Waals surface area contributed by atoms with Crippen molar-refractivity contribution >= 4 is 5.91 Å². The molecule has 0 aromatic carbocycles. The first-order valence-electron chi connectivity index (χ1n) is 3.49. The summed E-state index contributed by atoms with van der Waals surface area (Å²) in [6.07, 6.45) is 1.44. The Morgan fingerprint density at radius 1 is 1.60 bits per heavy atom. The van der Waals surface area contributed by atoms with E-state index in [4.69, 9.17) is 0 Å².